The predicted molar refractivity (Wildman–Crippen MR) is 52.3 cm³/mol. The molecule has 1 aliphatic carbocycles. The molecule has 0 spiro atoms. The maximum atomic E-state index is 11.6. The molecule has 1 aliphatic rings. The van der Waals surface area contributed by atoms with Crippen molar-refractivity contribution in [3.05, 3.63) is 0 Å². The van der Waals surface area contributed by atoms with E-state index in [1.807, 2.05) is 0 Å². The molecule has 0 aromatic heterocycles. The first kappa shape index (κ1) is 11.2. The normalized spacial score (nSPS) is 33.9. The Kier molecular flexibility index (Phi) is 2.96. The van der Waals surface area contributed by atoms with Crippen molar-refractivity contribution in [3.63, 3.8) is 0 Å². The average molecular weight is 195 g/mol. The van der Waals surface area contributed by atoms with Crippen LogP contribution in [0.4, 0.5) is 0 Å². The van der Waals surface area contributed by atoms with E-state index in [0.29, 0.717) is 12.8 Å². The molecule has 1 rings (SSSR count). The van der Waals surface area contributed by atoms with E-state index in [9.17, 15) is 9.90 Å². The van der Waals surface area contributed by atoms with E-state index in [1.54, 1.807) is 20.8 Å². The molecule has 0 amide bonds. The van der Waals surface area contributed by atoms with Crippen LogP contribution in [-0.2, 0) is 4.79 Å². The molecule has 1 fully saturated rings. The quantitative estimate of drug-likeness (QED) is 0.690. The van der Waals surface area contributed by atoms with Crippen LogP contribution in [0.5, 0.6) is 0 Å². The van der Waals surface area contributed by atoms with E-state index < -0.39 is 5.60 Å². The number of hydrogen-bond acceptors (Lipinski definition) is 3. The fraction of sp³-hybridized carbons (Fsp3) is 0.818. The largest absolute Gasteiger partial charge is 0.390 e. The Morgan fingerprint density at radius 2 is 2.14 bits per heavy atom. The molecule has 0 aromatic rings. The van der Waals surface area contributed by atoms with Crippen LogP contribution in [0.25, 0.3) is 0 Å². The highest BCUT2D eigenvalue weighted by Gasteiger charge is 2.39. The molecule has 3 heteroatoms. The molecule has 0 radical (unpaired) electrons. The molecule has 3 nitrogen and oxygen atoms in total. The third kappa shape index (κ3) is 2.13. The van der Waals surface area contributed by atoms with E-state index in [4.69, 9.17) is 5.26 Å². The van der Waals surface area contributed by atoms with Crippen molar-refractivity contribution < 1.29 is 9.90 Å². The lowest BCUT2D eigenvalue weighted by Gasteiger charge is -2.36. The second kappa shape index (κ2) is 3.70. The Hall–Kier alpha value is -0.880. The van der Waals surface area contributed by atoms with Crippen molar-refractivity contribution in [1.82, 2.24) is 0 Å². The van der Waals surface area contributed by atoms with Gasteiger partial charge in [0.25, 0.3) is 0 Å². The van der Waals surface area contributed by atoms with Crippen LogP contribution >= 0.6 is 0 Å². The summed E-state index contributed by atoms with van der Waals surface area (Å²) < 4.78 is 0. The van der Waals surface area contributed by atoms with Gasteiger partial charge in [-0.3, -0.25) is 4.79 Å². The van der Waals surface area contributed by atoms with E-state index in [0.717, 1.165) is 0 Å². The maximum Gasteiger partial charge on any atom is 0.137 e. The topological polar surface area (TPSA) is 61.1 Å². The Morgan fingerprint density at radius 3 is 2.57 bits per heavy atom. The molecule has 3 atom stereocenters. The number of nitrogens with zero attached hydrogens (tertiary/aromatic N) is 1. The van der Waals surface area contributed by atoms with Crippen LogP contribution in [-0.4, -0.2) is 16.5 Å². The van der Waals surface area contributed by atoms with Crippen LogP contribution in [0.1, 0.15) is 33.6 Å². The number of nitriles is 1. The second-order valence-electron chi connectivity index (χ2n) is 4.78. The lowest BCUT2D eigenvalue weighted by Crippen LogP contribution is -2.40. The summed E-state index contributed by atoms with van der Waals surface area (Å²) >= 11 is 0. The van der Waals surface area contributed by atoms with Gasteiger partial charge in [0.15, 0.2) is 0 Å². The van der Waals surface area contributed by atoms with Crippen LogP contribution in [0.3, 0.4) is 0 Å². The molecule has 0 aromatic carbocycles. The first-order valence-corrected chi connectivity index (χ1v) is 5.01. The SMILES string of the molecule is C[C@@H]1C(=O)C[C@@H](C(C)(C)O)C[C@@H]1C#N. The number of Topliss-reactive ketones (excluding diaryl/α,β-unsaturated/α-hetero) is 1. The van der Waals surface area contributed by atoms with Gasteiger partial charge in [-0.05, 0) is 26.2 Å². The monoisotopic (exact) mass is 195 g/mol. The summed E-state index contributed by atoms with van der Waals surface area (Å²) in [5.41, 5.74) is -0.856. The summed E-state index contributed by atoms with van der Waals surface area (Å²) in [7, 11) is 0. The van der Waals surface area contributed by atoms with Gasteiger partial charge < -0.3 is 5.11 Å². The summed E-state index contributed by atoms with van der Waals surface area (Å²) in [5, 5.41) is 18.7. The van der Waals surface area contributed by atoms with Crippen molar-refractivity contribution in [2.45, 2.75) is 39.2 Å². The predicted octanol–water partition coefficient (Wildman–Crippen LogP) is 1.51. The van der Waals surface area contributed by atoms with Crippen molar-refractivity contribution in [2.24, 2.45) is 17.8 Å². The number of carbonyl (C=O) groups excluding carboxylic acids is 1. The first-order valence-electron chi connectivity index (χ1n) is 5.01. The minimum absolute atomic E-state index is 0.0733. The molecule has 14 heavy (non-hydrogen) atoms. The summed E-state index contributed by atoms with van der Waals surface area (Å²) in [6.45, 7) is 5.21. The molecule has 1 N–H and O–H groups in total. The zero-order valence-corrected chi connectivity index (χ0v) is 8.95. The highest BCUT2D eigenvalue weighted by Crippen LogP contribution is 2.36. The lowest BCUT2D eigenvalue weighted by atomic mass is 9.69. The van der Waals surface area contributed by atoms with Crippen molar-refractivity contribution in [2.75, 3.05) is 0 Å². The Balaban J connectivity index is 2.79. The Morgan fingerprint density at radius 1 is 1.57 bits per heavy atom. The van der Waals surface area contributed by atoms with Crippen LogP contribution in [0, 0.1) is 29.1 Å². The molecule has 0 saturated heterocycles. The molecule has 0 bridgehead atoms. The summed E-state index contributed by atoms with van der Waals surface area (Å²) in [6, 6.07) is 2.15. The molecule has 0 unspecified atom stereocenters. The molecule has 1 saturated carbocycles. The summed E-state index contributed by atoms with van der Waals surface area (Å²) in [4.78, 5) is 11.6. The van der Waals surface area contributed by atoms with E-state index in [-0.39, 0.29) is 23.5 Å². The standard InChI is InChI=1S/C11H17NO2/c1-7-8(6-12)4-9(5-10(7)13)11(2,3)14/h7-9,14H,4-5H2,1-3H3/t7-,8+,9-/m0/s1. The molecule has 0 heterocycles. The van der Waals surface area contributed by atoms with Gasteiger partial charge in [-0.2, -0.15) is 5.26 Å². The van der Waals surface area contributed by atoms with Gasteiger partial charge in [0.1, 0.15) is 5.78 Å². The molecule has 0 aliphatic heterocycles. The van der Waals surface area contributed by atoms with Gasteiger partial charge in [-0.25, -0.2) is 0 Å². The number of aliphatic hydroxyl groups is 1. The van der Waals surface area contributed by atoms with Crippen LogP contribution < -0.4 is 0 Å². The molecular weight excluding hydrogens is 178 g/mol. The van der Waals surface area contributed by atoms with Gasteiger partial charge >= 0.3 is 0 Å². The zero-order chi connectivity index (χ0) is 10.9. The van der Waals surface area contributed by atoms with Crippen LogP contribution in [0.2, 0.25) is 0 Å². The average Bonchev–Trinajstić information content (AvgIpc) is 2.07. The van der Waals surface area contributed by atoms with Crippen molar-refractivity contribution in [1.29, 1.82) is 5.26 Å². The maximum absolute atomic E-state index is 11.6. The fourth-order valence-electron chi connectivity index (χ4n) is 1.95. The lowest BCUT2D eigenvalue weighted by molar-refractivity contribution is -0.130. The van der Waals surface area contributed by atoms with Gasteiger partial charge in [-0.15, -0.1) is 0 Å². The Bertz CT molecular complexity index is 272. The highest BCUT2D eigenvalue weighted by molar-refractivity contribution is 5.82. The van der Waals surface area contributed by atoms with Crippen molar-refractivity contribution >= 4 is 5.78 Å². The zero-order valence-electron chi connectivity index (χ0n) is 8.95. The number of carbonyl (C=O) groups is 1. The van der Waals surface area contributed by atoms with E-state index in [2.05, 4.69) is 6.07 Å². The third-order valence-corrected chi connectivity index (χ3v) is 3.26. The van der Waals surface area contributed by atoms with Gasteiger partial charge in [0, 0.05) is 12.3 Å². The summed E-state index contributed by atoms with van der Waals surface area (Å²) in [5.74, 6) is -0.364. The smallest absolute Gasteiger partial charge is 0.137 e. The van der Waals surface area contributed by atoms with Crippen molar-refractivity contribution in [3.8, 4) is 6.07 Å². The highest BCUT2D eigenvalue weighted by atomic mass is 16.3. The third-order valence-electron chi connectivity index (χ3n) is 3.26. The molecular formula is C11H17NO2. The van der Waals surface area contributed by atoms with Crippen LogP contribution in [0.15, 0.2) is 0 Å². The van der Waals surface area contributed by atoms with Gasteiger partial charge in [0.2, 0.25) is 0 Å². The van der Waals surface area contributed by atoms with Gasteiger partial charge in [0.05, 0.1) is 17.6 Å². The van der Waals surface area contributed by atoms with E-state index in [1.165, 1.54) is 0 Å². The summed E-state index contributed by atoms with van der Waals surface area (Å²) in [6.07, 6.45) is 1.04. The minimum Gasteiger partial charge on any atom is -0.390 e. The number of ketones is 1. The fourth-order valence-corrected chi connectivity index (χ4v) is 1.95. The number of hydrogen-bond donors (Lipinski definition) is 1. The molecule has 78 valence electrons. The first-order chi connectivity index (χ1) is 6.36. The van der Waals surface area contributed by atoms with Gasteiger partial charge in [-0.1, -0.05) is 6.92 Å². The minimum atomic E-state index is -0.856. The second-order valence-corrected chi connectivity index (χ2v) is 4.78. The number of rotatable bonds is 1. The Labute approximate surface area is 84.7 Å². The van der Waals surface area contributed by atoms with E-state index >= 15 is 0 Å².